The Bertz CT molecular complexity index is 822. The molecule has 1 N–H and O–H groups in total. The van der Waals surface area contributed by atoms with Crippen molar-refractivity contribution in [2.45, 2.75) is 36.3 Å². The molecule has 0 radical (unpaired) electrons. The summed E-state index contributed by atoms with van der Waals surface area (Å²) in [5.74, 6) is 1.00. The van der Waals surface area contributed by atoms with Crippen LogP contribution in [0.25, 0.3) is 0 Å². The number of rotatable bonds is 9. The Hall–Kier alpha value is -1.46. The Labute approximate surface area is 174 Å². The van der Waals surface area contributed by atoms with Gasteiger partial charge < -0.3 is 9.67 Å². The van der Waals surface area contributed by atoms with Gasteiger partial charge in [-0.2, -0.15) is 0 Å². The van der Waals surface area contributed by atoms with E-state index in [4.69, 9.17) is 23.2 Å². The third kappa shape index (κ3) is 6.01. The molecule has 1 atom stereocenters. The monoisotopic (exact) mass is 420 g/mol. The number of halogens is 2. The van der Waals surface area contributed by atoms with E-state index < -0.39 is 5.60 Å². The Morgan fingerprint density at radius 3 is 2.26 bits per heavy atom. The minimum absolute atomic E-state index is 0.471. The van der Waals surface area contributed by atoms with Gasteiger partial charge >= 0.3 is 0 Å². The molecule has 0 amide bonds. The van der Waals surface area contributed by atoms with Crippen molar-refractivity contribution >= 4 is 35.0 Å². The van der Waals surface area contributed by atoms with Crippen molar-refractivity contribution in [2.24, 2.45) is 0 Å². The Morgan fingerprint density at radius 1 is 0.963 bits per heavy atom. The van der Waals surface area contributed by atoms with E-state index in [-0.39, 0.29) is 0 Å². The van der Waals surface area contributed by atoms with Gasteiger partial charge in [-0.05, 0) is 67.0 Å². The van der Waals surface area contributed by atoms with Gasteiger partial charge in [0, 0.05) is 27.3 Å². The molecule has 0 saturated heterocycles. The first-order valence-electron chi connectivity index (χ1n) is 8.88. The summed E-state index contributed by atoms with van der Waals surface area (Å²) in [6.07, 6.45) is 7.95. The fourth-order valence-corrected chi connectivity index (χ4v) is 4.16. The molecule has 3 nitrogen and oxygen atoms in total. The second kappa shape index (κ2) is 9.65. The van der Waals surface area contributed by atoms with Gasteiger partial charge in [-0.25, -0.2) is 4.98 Å². The molecule has 0 aliphatic rings. The molecule has 0 bridgehead atoms. The maximum atomic E-state index is 11.4. The fraction of sp³-hybridized carbons (Fsp3) is 0.286. The first kappa shape index (κ1) is 20.3. The lowest BCUT2D eigenvalue weighted by molar-refractivity contribution is 0.00756. The number of aromatic nitrogens is 2. The summed E-state index contributed by atoms with van der Waals surface area (Å²) in [7, 11) is 0. The average molecular weight is 421 g/mol. The lowest BCUT2D eigenvalue weighted by atomic mass is 9.88. The van der Waals surface area contributed by atoms with Crippen LogP contribution >= 0.6 is 35.0 Å². The maximum absolute atomic E-state index is 11.4. The third-order valence-corrected chi connectivity index (χ3v) is 6.05. The van der Waals surface area contributed by atoms with Crippen LogP contribution in [0.2, 0.25) is 10.0 Å². The Morgan fingerprint density at radius 2 is 1.63 bits per heavy atom. The molecule has 1 aromatic heterocycles. The Kier molecular flexibility index (Phi) is 7.25. The van der Waals surface area contributed by atoms with E-state index in [0.29, 0.717) is 18.0 Å². The Balaban J connectivity index is 1.57. The van der Waals surface area contributed by atoms with Gasteiger partial charge in [0.2, 0.25) is 0 Å². The van der Waals surface area contributed by atoms with Gasteiger partial charge in [0.1, 0.15) is 5.60 Å². The lowest BCUT2D eigenvalue weighted by Gasteiger charge is -2.29. The molecule has 27 heavy (non-hydrogen) atoms. The third-order valence-electron chi connectivity index (χ3n) is 4.45. The summed E-state index contributed by atoms with van der Waals surface area (Å²) < 4.78 is 1.91. The molecular weight excluding hydrogens is 399 g/mol. The SMILES string of the molecule is OC(CCCCSc1ccc(Cl)cc1)(Cn1ccnc1)c1ccc(Cl)cc1. The van der Waals surface area contributed by atoms with Gasteiger partial charge in [0.25, 0.3) is 0 Å². The zero-order valence-corrected chi connectivity index (χ0v) is 17.2. The van der Waals surface area contributed by atoms with Crippen molar-refractivity contribution in [3.63, 3.8) is 0 Å². The van der Waals surface area contributed by atoms with Crippen LogP contribution in [-0.4, -0.2) is 20.4 Å². The molecule has 142 valence electrons. The molecule has 3 aromatic rings. The van der Waals surface area contributed by atoms with Crippen LogP contribution in [0.1, 0.15) is 24.8 Å². The van der Waals surface area contributed by atoms with E-state index in [1.54, 1.807) is 12.5 Å². The molecule has 6 heteroatoms. The summed E-state index contributed by atoms with van der Waals surface area (Å²) in [6.45, 7) is 0.471. The number of nitrogens with zero attached hydrogens (tertiary/aromatic N) is 2. The molecule has 0 fully saturated rings. The topological polar surface area (TPSA) is 38.0 Å². The van der Waals surface area contributed by atoms with E-state index in [1.807, 2.05) is 71.1 Å². The van der Waals surface area contributed by atoms with Crippen LogP contribution in [-0.2, 0) is 12.1 Å². The van der Waals surface area contributed by atoms with Crippen LogP contribution in [0.5, 0.6) is 0 Å². The molecule has 0 aliphatic heterocycles. The van der Waals surface area contributed by atoms with Gasteiger partial charge in [-0.15, -0.1) is 11.8 Å². The van der Waals surface area contributed by atoms with Crippen molar-refractivity contribution in [2.75, 3.05) is 5.75 Å². The molecule has 0 aliphatic carbocycles. The minimum atomic E-state index is -0.948. The van der Waals surface area contributed by atoms with Crippen molar-refractivity contribution in [3.05, 3.63) is 82.9 Å². The van der Waals surface area contributed by atoms with Gasteiger partial charge in [0.15, 0.2) is 0 Å². The van der Waals surface area contributed by atoms with Crippen molar-refractivity contribution in [3.8, 4) is 0 Å². The molecule has 0 saturated carbocycles. The highest BCUT2D eigenvalue weighted by Gasteiger charge is 2.29. The highest BCUT2D eigenvalue weighted by Crippen LogP contribution is 2.31. The maximum Gasteiger partial charge on any atom is 0.107 e. The van der Waals surface area contributed by atoms with Crippen LogP contribution in [0.15, 0.2) is 72.1 Å². The minimum Gasteiger partial charge on any atom is -0.383 e. The average Bonchev–Trinajstić information content (AvgIpc) is 3.16. The highest BCUT2D eigenvalue weighted by molar-refractivity contribution is 7.99. The zero-order valence-electron chi connectivity index (χ0n) is 14.9. The summed E-state index contributed by atoms with van der Waals surface area (Å²) in [5, 5.41) is 12.8. The van der Waals surface area contributed by atoms with Crippen LogP contribution < -0.4 is 0 Å². The number of imidazole rings is 1. The lowest BCUT2D eigenvalue weighted by Crippen LogP contribution is -2.31. The number of benzene rings is 2. The summed E-state index contributed by atoms with van der Waals surface area (Å²) in [6, 6.07) is 15.4. The van der Waals surface area contributed by atoms with Crippen LogP contribution in [0.4, 0.5) is 0 Å². The molecule has 0 spiro atoms. The van der Waals surface area contributed by atoms with E-state index in [1.165, 1.54) is 4.90 Å². The second-order valence-corrected chi connectivity index (χ2v) is 8.57. The van der Waals surface area contributed by atoms with Gasteiger partial charge in [0.05, 0.1) is 12.9 Å². The van der Waals surface area contributed by atoms with E-state index in [2.05, 4.69) is 4.98 Å². The zero-order chi connectivity index (χ0) is 19.1. The molecule has 3 rings (SSSR count). The van der Waals surface area contributed by atoms with Gasteiger partial charge in [-0.1, -0.05) is 35.3 Å². The van der Waals surface area contributed by atoms with E-state index >= 15 is 0 Å². The number of unbranched alkanes of at least 4 members (excludes halogenated alkanes) is 1. The van der Waals surface area contributed by atoms with Crippen LogP contribution in [0.3, 0.4) is 0 Å². The van der Waals surface area contributed by atoms with Gasteiger partial charge in [-0.3, -0.25) is 0 Å². The van der Waals surface area contributed by atoms with Crippen molar-refractivity contribution < 1.29 is 5.11 Å². The van der Waals surface area contributed by atoms with Crippen molar-refractivity contribution in [1.82, 2.24) is 9.55 Å². The second-order valence-electron chi connectivity index (χ2n) is 6.53. The number of hydrogen-bond donors (Lipinski definition) is 1. The highest BCUT2D eigenvalue weighted by atomic mass is 35.5. The first-order valence-corrected chi connectivity index (χ1v) is 10.6. The van der Waals surface area contributed by atoms with Crippen molar-refractivity contribution in [1.29, 1.82) is 0 Å². The largest absolute Gasteiger partial charge is 0.383 e. The predicted molar refractivity (Wildman–Crippen MR) is 114 cm³/mol. The number of thioether (sulfide) groups is 1. The summed E-state index contributed by atoms with van der Waals surface area (Å²) in [4.78, 5) is 5.30. The van der Waals surface area contributed by atoms with Crippen LogP contribution in [0, 0.1) is 0 Å². The predicted octanol–water partition coefficient (Wildman–Crippen LogP) is 6.04. The van der Waals surface area contributed by atoms with E-state index in [9.17, 15) is 5.11 Å². The molecule has 1 unspecified atom stereocenters. The van der Waals surface area contributed by atoms with E-state index in [0.717, 1.165) is 29.2 Å². The normalized spacial score (nSPS) is 13.4. The standard InChI is InChI=1S/C21H22Cl2N2OS/c22-18-5-3-17(4-6-18)21(26,15-25-13-12-24-16-25)11-1-2-14-27-20-9-7-19(23)8-10-20/h3-10,12-13,16,26H,1-2,11,14-15H2. The summed E-state index contributed by atoms with van der Waals surface area (Å²) >= 11 is 13.7. The molecule has 2 aromatic carbocycles. The molecular formula is C21H22Cl2N2OS. The first-order chi connectivity index (χ1) is 13.0. The quantitative estimate of drug-likeness (QED) is 0.338. The number of hydrogen-bond acceptors (Lipinski definition) is 3. The number of aliphatic hydroxyl groups is 1. The smallest absolute Gasteiger partial charge is 0.107 e. The molecule has 1 heterocycles. The fourth-order valence-electron chi connectivity index (χ4n) is 3.00. The summed E-state index contributed by atoms with van der Waals surface area (Å²) in [5.41, 5.74) is -0.0677.